The molecule has 0 saturated carbocycles. The van der Waals surface area contributed by atoms with Gasteiger partial charge in [-0.05, 0) is 16.0 Å². The molecule has 1 N–H and O–H groups in total. The highest BCUT2D eigenvalue weighted by atomic mass is 16.2. The Bertz CT molecular complexity index is 720. The van der Waals surface area contributed by atoms with Crippen molar-refractivity contribution in [3.8, 4) is 0 Å². The second-order valence-corrected chi connectivity index (χ2v) is 4.49. The van der Waals surface area contributed by atoms with Crippen LogP contribution in [0.1, 0.15) is 11.6 Å². The summed E-state index contributed by atoms with van der Waals surface area (Å²) in [5.41, 5.74) is 1.42. The Labute approximate surface area is 120 Å². The van der Waals surface area contributed by atoms with Crippen molar-refractivity contribution in [2.45, 2.75) is 6.04 Å². The van der Waals surface area contributed by atoms with E-state index in [2.05, 4.69) is 25.9 Å². The molecule has 0 aliphatic heterocycles. The van der Waals surface area contributed by atoms with Gasteiger partial charge in [-0.3, -0.25) is 9.48 Å². The van der Waals surface area contributed by atoms with Crippen LogP contribution in [0.15, 0.2) is 49.1 Å². The first-order valence-corrected chi connectivity index (χ1v) is 6.31. The molecule has 2 aromatic heterocycles. The Morgan fingerprint density at radius 2 is 2.10 bits per heavy atom. The smallest absolute Gasteiger partial charge is 0.254 e. The fourth-order valence-corrected chi connectivity index (χ4v) is 2.04. The standard InChI is InChI=1S/C13H13N7O/c1-19-8-11(7-15-19)16-13(21)12(20-9-14-17-18-20)10-5-3-2-4-6-10/h2-9,12H,1H3,(H,16,21)/t12-/m1/s1. The third-order valence-electron chi connectivity index (χ3n) is 2.97. The van der Waals surface area contributed by atoms with Gasteiger partial charge in [-0.2, -0.15) is 5.10 Å². The van der Waals surface area contributed by atoms with Crippen LogP contribution in [0.4, 0.5) is 5.69 Å². The van der Waals surface area contributed by atoms with Crippen LogP contribution < -0.4 is 5.32 Å². The Morgan fingerprint density at radius 1 is 1.29 bits per heavy atom. The molecule has 3 rings (SSSR count). The second kappa shape index (κ2) is 5.53. The van der Waals surface area contributed by atoms with Crippen molar-refractivity contribution >= 4 is 11.6 Å². The maximum Gasteiger partial charge on any atom is 0.254 e. The molecule has 1 aromatic carbocycles. The lowest BCUT2D eigenvalue weighted by molar-refractivity contribution is -0.118. The number of nitrogens with one attached hydrogen (secondary N) is 1. The topological polar surface area (TPSA) is 90.5 Å². The summed E-state index contributed by atoms with van der Waals surface area (Å²) in [6.45, 7) is 0. The number of carbonyl (C=O) groups is 1. The van der Waals surface area contributed by atoms with E-state index in [0.29, 0.717) is 5.69 Å². The molecule has 21 heavy (non-hydrogen) atoms. The minimum absolute atomic E-state index is 0.235. The van der Waals surface area contributed by atoms with Crippen LogP contribution in [0.5, 0.6) is 0 Å². The number of hydrogen-bond donors (Lipinski definition) is 1. The van der Waals surface area contributed by atoms with Gasteiger partial charge >= 0.3 is 0 Å². The molecule has 1 atom stereocenters. The lowest BCUT2D eigenvalue weighted by atomic mass is 10.1. The fourth-order valence-electron chi connectivity index (χ4n) is 2.04. The van der Waals surface area contributed by atoms with Crippen molar-refractivity contribution < 1.29 is 4.79 Å². The summed E-state index contributed by atoms with van der Waals surface area (Å²) < 4.78 is 3.03. The molecule has 106 valence electrons. The first-order chi connectivity index (χ1) is 10.2. The van der Waals surface area contributed by atoms with E-state index in [4.69, 9.17) is 0 Å². The SMILES string of the molecule is Cn1cc(NC(=O)[C@@H](c2ccccc2)n2cnnn2)cn1. The molecule has 0 saturated heterocycles. The van der Waals surface area contributed by atoms with E-state index < -0.39 is 6.04 Å². The fraction of sp³-hybridized carbons (Fsp3) is 0.154. The maximum atomic E-state index is 12.6. The van der Waals surface area contributed by atoms with Gasteiger partial charge in [-0.15, -0.1) is 5.10 Å². The van der Waals surface area contributed by atoms with E-state index in [-0.39, 0.29) is 5.91 Å². The Hall–Kier alpha value is -3.03. The van der Waals surface area contributed by atoms with Gasteiger partial charge in [0.15, 0.2) is 6.04 Å². The largest absolute Gasteiger partial charge is 0.321 e. The van der Waals surface area contributed by atoms with E-state index >= 15 is 0 Å². The lowest BCUT2D eigenvalue weighted by Crippen LogP contribution is -2.27. The van der Waals surface area contributed by atoms with Crippen LogP contribution in [0.25, 0.3) is 0 Å². The first kappa shape index (κ1) is 13.0. The minimum Gasteiger partial charge on any atom is -0.321 e. The predicted octanol–water partition coefficient (Wildman–Crippen LogP) is 0.635. The molecule has 3 aromatic rings. The molecule has 0 fully saturated rings. The van der Waals surface area contributed by atoms with E-state index in [1.54, 1.807) is 24.1 Å². The number of anilines is 1. The number of tetrazole rings is 1. The van der Waals surface area contributed by atoms with Crippen LogP contribution in [0.3, 0.4) is 0 Å². The summed E-state index contributed by atoms with van der Waals surface area (Å²) in [5, 5.41) is 17.9. The Balaban J connectivity index is 1.90. The maximum absolute atomic E-state index is 12.6. The Kier molecular flexibility index (Phi) is 3.42. The zero-order valence-electron chi connectivity index (χ0n) is 11.3. The van der Waals surface area contributed by atoms with Crippen molar-refractivity contribution in [2.75, 3.05) is 5.32 Å². The predicted molar refractivity (Wildman–Crippen MR) is 74.2 cm³/mol. The van der Waals surface area contributed by atoms with Gasteiger partial charge in [0.1, 0.15) is 6.33 Å². The number of aromatic nitrogens is 6. The van der Waals surface area contributed by atoms with Crippen LogP contribution in [-0.2, 0) is 11.8 Å². The zero-order valence-corrected chi connectivity index (χ0v) is 11.3. The number of nitrogens with zero attached hydrogens (tertiary/aromatic N) is 6. The zero-order chi connectivity index (χ0) is 14.7. The van der Waals surface area contributed by atoms with Crippen molar-refractivity contribution in [3.63, 3.8) is 0 Å². The summed E-state index contributed by atoms with van der Waals surface area (Å²) in [5.74, 6) is -0.235. The molecule has 0 unspecified atom stereocenters. The van der Waals surface area contributed by atoms with Gasteiger partial charge in [0, 0.05) is 13.2 Å². The minimum atomic E-state index is -0.638. The van der Waals surface area contributed by atoms with E-state index in [1.807, 2.05) is 30.3 Å². The molecule has 0 spiro atoms. The molecule has 0 aliphatic carbocycles. The number of benzene rings is 1. The Morgan fingerprint density at radius 3 is 2.71 bits per heavy atom. The average Bonchev–Trinajstić information content (AvgIpc) is 3.13. The molecular formula is C13H13N7O. The van der Waals surface area contributed by atoms with Crippen LogP contribution in [0.2, 0.25) is 0 Å². The van der Waals surface area contributed by atoms with Crippen LogP contribution in [-0.4, -0.2) is 35.9 Å². The van der Waals surface area contributed by atoms with Gasteiger partial charge in [0.25, 0.3) is 5.91 Å². The summed E-state index contributed by atoms with van der Waals surface area (Å²) >= 11 is 0. The molecule has 1 amide bonds. The van der Waals surface area contributed by atoms with E-state index in [9.17, 15) is 4.79 Å². The summed E-state index contributed by atoms with van der Waals surface area (Å²) in [6, 6.07) is 8.69. The lowest BCUT2D eigenvalue weighted by Gasteiger charge is -2.15. The monoisotopic (exact) mass is 283 g/mol. The highest BCUT2D eigenvalue weighted by molar-refractivity contribution is 5.95. The third-order valence-corrected chi connectivity index (χ3v) is 2.97. The molecule has 8 heteroatoms. The molecule has 0 bridgehead atoms. The summed E-state index contributed by atoms with van der Waals surface area (Å²) in [6.07, 6.45) is 4.72. The van der Waals surface area contributed by atoms with Crippen molar-refractivity contribution in [3.05, 3.63) is 54.6 Å². The molecule has 0 aliphatic rings. The number of hydrogen-bond acceptors (Lipinski definition) is 5. The van der Waals surface area contributed by atoms with Crippen molar-refractivity contribution in [2.24, 2.45) is 7.05 Å². The van der Waals surface area contributed by atoms with Gasteiger partial charge in [-0.1, -0.05) is 30.3 Å². The van der Waals surface area contributed by atoms with Crippen molar-refractivity contribution in [1.29, 1.82) is 0 Å². The van der Waals surface area contributed by atoms with Gasteiger partial charge in [-0.25, -0.2) is 4.68 Å². The quantitative estimate of drug-likeness (QED) is 0.758. The van der Waals surface area contributed by atoms with Crippen molar-refractivity contribution in [1.82, 2.24) is 30.0 Å². The van der Waals surface area contributed by atoms with Gasteiger partial charge in [0.2, 0.25) is 0 Å². The van der Waals surface area contributed by atoms with Gasteiger partial charge < -0.3 is 5.32 Å². The normalized spacial score (nSPS) is 12.0. The van der Waals surface area contributed by atoms with Crippen LogP contribution >= 0.6 is 0 Å². The molecule has 0 radical (unpaired) electrons. The second-order valence-electron chi connectivity index (χ2n) is 4.49. The summed E-state index contributed by atoms with van der Waals surface area (Å²) in [4.78, 5) is 12.6. The first-order valence-electron chi connectivity index (χ1n) is 6.31. The molecule has 2 heterocycles. The number of carbonyl (C=O) groups excluding carboxylic acids is 1. The van der Waals surface area contributed by atoms with E-state index in [0.717, 1.165) is 5.56 Å². The molecule has 8 nitrogen and oxygen atoms in total. The highest BCUT2D eigenvalue weighted by Gasteiger charge is 2.24. The third kappa shape index (κ3) is 2.78. The van der Waals surface area contributed by atoms with E-state index in [1.165, 1.54) is 11.0 Å². The number of rotatable bonds is 4. The average molecular weight is 283 g/mol. The molecular weight excluding hydrogens is 270 g/mol. The van der Waals surface area contributed by atoms with Gasteiger partial charge in [0.05, 0.1) is 11.9 Å². The number of aryl methyl sites for hydroxylation is 1. The summed E-state index contributed by atoms with van der Waals surface area (Å²) in [7, 11) is 1.78. The highest BCUT2D eigenvalue weighted by Crippen LogP contribution is 2.19. The number of amides is 1. The van der Waals surface area contributed by atoms with Crippen LogP contribution in [0, 0.1) is 0 Å².